The smallest absolute Gasteiger partial charge is 0.240 e. The van der Waals surface area contributed by atoms with Crippen molar-refractivity contribution >= 4 is 10.0 Å². The minimum atomic E-state index is -3.41. The Kier molecular flexibility index (Phi) is 5.01. The first-order chi connectivity index (χ1) is 9.53. The molecule has 1 aliphatic carbocycles. The molecule has 6 heteroatoms. The minimum Gasteiger partial charge on any atom is -0.491 e. The summed E-state index contributed by atoms with van der Waals surface area (Å²) in [4.78, 5) is 0.287. The fourth-order valence-corrected chi connectivity index (χ4v) is 3.02. The Morgan fingerprint density at radius 2 is 2.05 bits per heavy atom. The van der Waals surface area contributed by atoms with E-state index in [0.29, 0.717) is 31.4 Å². The largest absolute Gasteiger partial charge is 0.491 e. The summed E-state index contributed by atoms with van der Waals surface area (Å²) in [5, 5.41) is 0. The number of hydrogen-bond donors (Lipinski definition) is 1. The minimum absolute atomic E-state index is 0.287. The lowest BCUT2D eigenvalue weighted by Gasteiger charge is -2.11. The van der Waals surface area contributed by atoms with Crippen LogP contribution in [0.5, 0.6) is 5.75 Å². The molecule has 112 valence electrons. The summed E-state index contributed by atoms with van der Waals surface area (Å²) in [6.07, 6.45) is 2.24. The SMILES string of the molecule is COCCOc1ccc(S(=O)(=O)NCC2CC2)cc1C. The number of hydrogen-bond acceptors (Lipinski definition) is 4. The molecule has 0 spiro atoms. The summed E-state index contributed by atoms with van der Waals surface area (Å²) in [7, 11) is -1.80. The van der Waals surface area contributed by atoms with Gasteiger partial charge in [0.2, 0.25) is 10.0 Å². The highest BCUT2D eigenvalue weighted by Crippen LogP contribution is 2.28. The lowest BCUT2D eigenvalue weighted by Crippen LogP contribution is -2.25. The van der Waals surface area contributed by atoms with Gasteiger partial charge in [0.15, 0.2) is 0 Å². The van der Waals surface area contributed by atoms with Gasteiger partial charge in [0.25, 0.3) is 0 Å². The van der Waals surface area contributed by atoms with Gasteiger partial charge in [0.05, 0.1) is 11.5 Å². The lowest BCUT2D eigenvalue weighted by atomic mass is 10.2. The van der Waals surface area contributed by atoms with Gasteiger partial charge in [0.1, 0.15) is 12.4 Å². The molecule has 0 saturated heterocycles. The second-order valence-electron chi connectivity index (χ2n) is 5.06. The van der Waals surface area contributed by atoms with E-state index in [4.69, 9.17) is 9.47 Å². The average molecular weight is 299 g/mol. The van der Waals surface area contributed by atoms with Crippen LogP contribution in [0.15, 0.2) is 23.1 Å². The highest BCUT2D eigenvalue weighted by molar-refractivity contribution is 7.89. The molecular formula is C14H21NO4S. The summed E-state index contributed by atoms with van der Waals surface area (Å²) >= 11 is 0. The molecule has 0 unspecified atom stereocenters. The Hall–Kier alpha value is -1.11. The van der Waals surface area contributed by atoms with Crippen molar-refractivity contribution in [3.63, 3.8) is 0 Å². The summed E-state index contributed by atoms with van der Waals surface area (Å²) in [5.74, 6) is 1.20. The Morgan fingerprint density at radius 1 is 1.30 bits per heavy atom. The van der Waals surface area contributed by atoms with Crippen LogP contribution in [0.4, 0.5) is 0 Å². The Morgan fingerprint density at radius 3 is 2.65 bits per heavy atom. The highest BCUT2D eigenvalue weighted by Gasteiger charge is 2.24. The molecule has 0 radical (unpaired) electrons. The van der Waals surface area contributed by atoms with Crippen LogP contribution >= 0.6 is 0 Å². The van der Waals surface area contributed by atoms with E-state index in [1.165, 1.54) is 0 Å². The van der Waals surface area contributed by atoms with Crippen LogP contribution in [0.1, 0.15) is 18.4 Å². The number of benzene rings is 1. The van der Waals surface area contributed by atoms with Crippen molar-refractivity contribution in [1.82, 2.24) is 4.72 Å². The van der Waals surface area contributed by atoms with E-state index in [-0.39, 0.29) is 4.90 Å². The number of ether oxygens (including phenoxy) is 2. The molecule has 1 saturated carbocycles. The van der Waals surface area contributed by atoms with Gasteiger partial charge < -0.3 is 9.47 Å². The predicted molar refractivity (Wildman–Crippen MR) is 76.5 cm³/mol. The lowest BCUT2D eigenvalue weighted by molar-refractivity contribution is 0.146. The molecule has 1 aliphatic rings. The first-order valence-electron chi connectivity index (χ1n) is 6.75. The zero-order valence-electron chi connectivity index (χ0n) is 11.9. The maximum Gasteiger partial charge on any atom is 0.240 e. The molecule has 1 N–H and O–H groups in total. The molecule has 1 fully saturated rings. The van der Waals surface area contributed by atoms with Crippen molar-refractivity contribution in [3.05, 3.63) is 23.8 Å². The third kappa shape index (κ3) is 4.19. The van der Waals surface area contributed by atoms with Crippen molar-refractivity contribution in [2.24, 2.45) is 5.92 Å². The van der Waals surface area contributed by atoms with Gasteiger partial charge >= 0.3 is 0 Å². The topological polar surface area (TPSA) is 64.6 Å². The molecule has 0 heterocycles. The molecule has 1 aromatic rings. The molecule has 2 rings (SSSR count). The molecule has 0 atom stereocenters. The number of nitrogens with one attached hydrogen (secondary N) is 1. The highest BCUT2D eigenvalue weighted by atomic mass is 32.2. The molecule has 1 aromatic carbocycles. The molecule has 20 heavy (non-hydrogen) atoms. The van der Waals surface area contributed by atoms with E-state index >= 15 is 0 Å². The predicted octanol–water partition coefficient (Wildman–Crippen LogP) is 1.71. The molecule has 0 bridgehead atoms. The fourth-order valence-electron chi connectivity index (χ4n) is 1.82. The van der Waals surface area contributed by atoms with E-state index in [0.717, 1.165) is 18.4 Å². The van der Waals surface area contributed by atoms with Crippen LogP contribution in [0.3, 0.4) is 0 Å². The van der Waals surface area contributed by atoms with Crippen molar-refractivity contribution < 1.29 is 17.9 Å². The fraction of sp³-hybridized carbons (Fsp3) is 0.571. The zero-order chi connectivity index (χ0) is 14.6. The van der Waals surface area contributed by atoms with Gasteiger partial charge in [-0.2, -0.15) is 0 Å². The summed E-state index contributed by atoms with van der Waals surface area (Å²) in [6, 6.07) is 4.90. The van der Waals surface area contributed by atoms with E-state index < -0.39 is 10.0 Å². The second-order valence-corrected chi connectivity index (χ2v) is 6.83. The van der Waals surface area contributed by atoms with E-state index in [1.807, 2.05) is 6.92 Å². The number of methoxy groups -OCH3 is 1. The standard InChI is InChI=1S/C14H21NO4S/c1-11-9-13(5-6-14(11)19-8-7-18-2)20(16,17)15-10-12-3-4-12/h5-6,9,12,15H,3-4,7-8,10H2,1-2H3. The van der Waals surface area contributed by atoms with Gasteiger partial charge in [-0.15, -0.1) is 0 Å². The Balaban J connectivity index is 2.02. The van der Waals surface area contributed by atoms with E-state index in [2.05, 4.69) is 4.72 Å². The average Bonchev–Trinajstić information content (AvgIpc) is 3.22. The maximum atomic E-state index is 12.1. The zero-order valence-corrected chi connectivity index (χ0v) is 12.7. The van der Waals surface area contributed by atoms with Gasteiger partial charge in [-0.25, -0.2) is 13.1 Å². The Labute approximate surface area is 120 Å². The summed E-state index contributed by atoms with van der Waals surface area (Å²) < 4.78 is 37.3. The van der Waals surface area contributed by atoms with Crippen molar-refractivity contribution in [3.8, 4) is 5.75 Å². The van der Waals surface area contributed by atoms with E-state index in [1.54, 1.807) is 25.3 Å². The molecular weight excluding hydrogens is 278 g/mol. The van der Waals surface area contributed by atoms with Gasteiger partial charge in [0, 0.05) is 13.7 Å². The number of aryl methyl sites for hydroxylation is 1. The van der Waals surface area contributed by atoms with Crippen LogP contribution in [0.2, 0.25) is 0 Å². The van der Waals surface area contributed by atoms with Crippen LogP contribution < -0.4 is 9.46 Å². The Bertz CT molecular complexity index is 552. The van der Waals surface area contributed by atoms with Crippen LogP contribution in [0, 0.1) is 12.8 Å². The number of sulfonamides is 1. The maximum absolute atomic E-state index is 12.1. The molecule has 0 aliphatic heterocycles. The summed E-state index contributed by atoms with van der Waals surface area (Å²) in [5.41, 5.74) is 0.801. The van der Waals surface area contributed by atoms with Gasteiger partial charge in [-0.3, -0.25) is 0 Å². The van der Waals surface area contributed by atoms with Gasteiger partial charge in [-0.1, -0.05) is 0 Å². The van der Waals surface area contributed by atoms with Crippen LogP contribution in [-0.2, 0) is 14.8 Å². The third-order valence-corrected chi connectivity index (χ3v) is 4.68. The van der Waals surface area contributed by atoms with Crippen LogP contribution in [0.25, 0.3) is 0 Å². The number of rotatable bonds is 8. The quantitative estimate of drug-likeness (QED) is 0.742. The third-order valence-electron chi connectivity index (χ3n) is 3.26. The molecule has 0 amide bonds. The first kappa shape index (κ1) is 15.3. The normalized spacial score (nSPS) is 15.3. The van der Waals surface area contributed by atoms with Crippen molar-refractivity contribution in [2.45, 2.75) is 24.7 Å². The first-order valence-corrected chi connectivity index (χ1v) is 8.23. The second kappa shape index (κ2) is 6.56. The summed E-state index contributed by atoms with van der Waals surface area (Å²) in [6.45, 7) is 3.32. The van der Waals surface area contributed by atoms with E-state index in [9.17, 15) is 8.42 Å². The van der Waals surface area contributed by atoms with Gasteiger partial charge in [-0.05, 0) is 49.4 Å². The molecule has 0 aromatic heterocycles. The molecule has 5 nitrogen and oxygen atoms in total. The van der Waals surface area contributed by atoms with Crippen molar-refractivity contribution in [1.29, 1.82) is 0 Å². The van der Waals surface area contributed by atoms with Crippen LogP contribution in [-0.4, -0.2) is 35.3 Å². The van der Waals surface area contributed by atoms with Crippen molar-refractivity contribution in [2.75, 3.05) is 26.9 Å². The monoisotopic (exact) mass is 299 g/mol.